The lowest BCUT2D eigenvalue weighted by Crippen LogP contribution is -2.30. The van der Waals surface area contributed by atoms with Crippen LogP contribution < -0.4 is 15.4 Å². The first-order valence-electron chi connectivity index (χ1n) is 14.3. The Kier molecular flexibility index (Phi) is 10.8. The summed E-state index contributed by atoms with van der Waals surface area (Å²) in [5, 5.41) is 6.19. The van der Waals surface area contributed by atoms with Gasteiger partial charge in [0, 0.05) is 26.9 Å². The van der Waals surface area contributed by atoms with Crippen molar-refractivity contribution >= 4 is 58.6 Å². The third-order valence-corrected chi connectivity index (χ3v) is 7.34. The van der Waals surface area contributed by atoms with E-state index >= 15 is 0 Å². The van der Waals surface area contributed by atoms with E-state index in [1.54, 1.807) is 78.9 Å². The number of benzene rings is 5. The van der Waals surface area contributed by atoms with E-state index in [-0.39, 0.29) is 11.5 Å². The maximum atomic E-state index is 13.3. The van der Waals surface area contributed by atoms with Gasteiger partial charge in [0.2, 0.25) is 0 Å². The van der Waals surface area contributed by atoms with E-state index in [0.29, 0.717) is 39.0 Å². The van der Waals surface area contributed by atoms with E-state index in [4.69, 9.17) is 27.9 Å². The summed E-state index contributed by atoms with van der Waals surface area (Å²) in [6, 6.07) is 37.2. The summed E-state index contributed by atoms with van der Waals surface area (Å²) in [4.78, 5) is 39.0. The van der Waals surface area contributed by atoms with Crippen LogP contribution in [0.15, 0.2) is 139 Å². The van der Waals surface area contributed by atoms with E-state index < -0.39 is 11.8 Å². The van der Waals surface area contributed by atoms with Crippen molar-refractivity contribution < 1.29 is 19.1 Å². The van der Waals surface area contributed by atoms with Crippen LogP contribution in [0.5, 0.6) is 5.75 Å². The summed E-state index contributed by atoms with van der Waals surface area (Å²) in [5.41, 5.74) is 3.65. The molecule has 6 nitrogen and oxygen atoms in total. The van der Waals surface area contributed by atoms with Crippen LogP contribution in [0.2, 0.25) is 10.0 Å². The molecule has 2 N–H and O–H groups in total. The number of hydrogen-bond donors (Lipinski definition) is 2. The van der Waals surface area contributed by atoms with Gasteiger partial charge in [0.15, 0.2) is 5.78 Å². The fourth-order valence-corrected chi connectivity index (χ4v) is 4.78. The lowest BCUT2D eigenvalue weighted by atomic mass is 10.1. The molecule has 228 valence electrons. The number of nitrogens with one attached hydrogen (secondary N) is 2. The predicted octanol–water partition coefficient (Wildman–Crippen LogP) is 8.88. The molecule has 5 rings (SSSR count). The van der Waals surface area contributed by atoms with Gasteiger partial charge in [-0.2, -0.15) is 0 Å². The topological polar surface area (TPSA) is 84.5 Å². The molecule has 0 heterocycles. The summed E-state index contributed by atoms with van der Waals surface area (Å²) >= 11 is 12.3. The quantitative estimate of drug-likeness (QED) is 0.111. The number of rotatable bonds is 11. The molecule has 0 bridgehead atoms. The number of hydrogen-bond acceptors (Lipinski definition) is 4. The molecule has 0 aliphatic heterocycles. The van der Waals surface area contributed by atoms with E-state index in [9.17, 15) is 14.4 Å². The summed E-state index contributed by atoms with van der Waals surface area (Å²) in [7, 11) is 0. The molecule has 0 saturated heterocycles. The number of ether oxygens (including phenoxy) is 1. The molecule has 0 unspecified atom stereocenters. The molecule has 0 aliphatic carbocycles. The maximum absolute atomic E-state index is 13.3. The first kappa shape index (κ1) is 32.0. The van der Waals surface area contributed by atoms with Crippen molar-refractivity contribution in [3.63, 3.8) is 0 Å². The van der Waals surface area contributed by atoms with Gasteiger partial charge in [0.05, 0.1) is 0 Å². The van der Waals surface area contributed by atoms with Crippen LogP contribution >= 0.6 is 23.2 Å². The Hall–Kier alpha value is -5.43. The van der Waals surface area contributed by atoms with Gasteiger partial charge in [-0.05, 0) is 89.5 Å². The number of carbonyl (C=O) groups is 3. The Balaban J connectivity index is 1.23. The normalized spacial score (nSPS) is 11.2. The van der Waals surface area contributed by atoms with Crippen LogP contribution in [-0.2, 0) is 11.4 Å². The minimum Gasteiger partial charge on any atom is -0.489 e. The summed E-state index contributed by atoms with van der Waals surface area (Å²) in [5.74, 6) is -0.506. The Morgan fingerprint density at radius 1 is 0.717 bits per heavy atom. The molecule has 0 aliphatic rings. The highest BCUT2D eigenvalue weighted by Gasteiger charge is 2.16. The standard InChI is InChI=1S/C38H28Cl2N2O4/c39-31-17-14-30(34(40)24-31)23-35(42-37(44)29-9-5-2-6-10-29)38(45)41-32-18-15-28(16-19-32)36(43)22-13-26-11-20-33(21-12-26)46-25-27-7-3-1-4-8-27/h1-24H,25H2,(H,41,45)(H,42,44)/b22-13+,35-23-. The van der Waals surface area contributed by atoms with E-state index in [2.05, 4.69) is 10.6 Å². The van der Waals surface area contributed by atoms with Crippen molar-refractivity contribution in [3.05, 3.63) is 177 Å². The molecule has 0 radical (unpaired) electrons. The van der Waals surface area contributed by atoms with Crippen molar-refractivity contribution in [2.24, 2.45) is 0 Å². The number of amides is 2. The minimum atomic E-state index is -0.578. The summed E-state index contributed by atoms with van der Waals surface area (Å²) in [6.07, 6.45) is 4.69. The maximum Gasteiger partial charge on any atom is 0.272 e. The van der Waals surface area contributed by atoms with Gasteiger partial charge in [-0.25, -0.2) is 0 Å². The van der Waals surface area contributed by atoms with Gasteiger partial charge >= 0.3 is 0 Å². The highest BCUT2D eigenvalue weighted by molar-refractivity contribution is 6.35. The number of allylic oxidation sites excluding steroid dienone is 1. The second-order valence-electron chi connectivity index (χ2n) is 10.1. The Morgan fingerprint density at radius 2 is 1.39 bits per heavy atom. The average Bonchev–Trinajstić information content (AvgIpc) is 3.08. The van der Waals surface area contributed by atoms with Gasteiger partial charge in [-0.3, -0.25) is 14.4 Å². The molecule has 0 atom stereocenters. The molecule has 46 heavy (non-hydrogen) atoms. The molecule has 0 fully saturated rings. The molecule has 5 aromatic carbocycles. The van der Waals surface area contributed by atoms with Crippen LogP contribution in [0.1, 0.15) is 37.4 Å². The van der Waals surface area contributed by atoms with Crippen molar-refractivity contribution in [2.45, 2.75) is 6.61 Å². The molecular weight excluding hydrogens is 619 g/mol. The zero-order valence-electron chi connectivity index (χ0n) is 24.5. The highest BCUT2D eigenvalue weighted by Crippen LogP contribution is 2.23. The monoisotopic (exact) mass is 646 g/mol. The molecule has 0 spiro atoms. The van der Waals surface area contributed by atoms with Crippen molar-refractivity contribution in [2.75, 3.05) is 5.32 Å². The van der Waals surface area contributed by atoms with Crippen molar-refractivity contribution in [3.8, 4) is 5.75 Å². The van der Waals surface area contributed by atoms with Crippen molar-refractivity contribution in [1.29, 1.82) is 0 Å². The highest BCUT2D eigenvalue weighted by atomic mass is 35.5. The van der Waals surface area contributed by atoms with Crippen molar-refractivity contribution in [1.82, 2.24) is 5.32 Å². The van der Waals surface area contributed by atoms with Crippen LogP contribution in [0, 0.1) is 0 Å². The van der Waals surface area contributed by atoms with Gasteiger partial charge in [-0.1, -0.05) is 96.0 Å². The molecule has 0 saturated carbocycles. The van der Waals surface area contributed by atoms with Gasteiger partial charge in [0.1, 0.15) is 18.1 Å². The van der Waals surface area contributed by atoms with Crippen LogP contribution in [0.3, 0.4) is 0 Å². The Morgan fingerprint density at radius 3 is 2.07 bits per heavy atom. The van der Waals surface area contributed by atoms with Crippen LogP contribution in [0.25, 0.3) is 12.2 Å². The van der Waals surface area contributed by atoms with Crippen LogP contribution in [0.4, 0.5) is 5.69 Å². The fraction of sp³-hybridized carbons (Fsp3) is 0.0263. The SMILES string of the molecule is O=C(Nc1ccc(C(=O)/C=C/c2ccc(OCc3ccccc3)cc2)cc1)/C(=C/c1ccc(Cl)cc1Cl)NC(=O)c1ccccc1. The van der Waals surface area contributed by atoms with Gasteiger partial charge in [0.25, 0.3) is 11.8 Å². The number of carbonyl (C=O) groups excluding carboxylic acids is 3. The Labute approximate surface area is 277 Å². The average molecular weight is 648 g/mol. The first-order chi connectivity index (χ1) is 22.3. The third-order valence-electron chi connectivity index (χ3n) is 6.77. The number of ketones is 1. The predicted molar refractivity (Wildman–Crippen MR) is 184 cm³/mol. The smallest absolute Gasteiger partial charge is 0.272 e. The second-order valence-corrected chi connectivity index (χ2v) is 11.0. The zero-order valence-corrected chi connectivity index (χ0v) is 26.0. The summed E-state index contributed by atoms with van der Waals surface area (Å²) < 4.78 is 5.82. The number of halogens is 2. The molecule has 5 aromatic rings. The largest absolute Gasteiger partial charge is 0.489 e. The third kappa shape index (κ3) is 9.05. The van der Waals surface area contributed by atoms with E-state index in [0.717, 1.165) is 16.9 Å². The molecule has 2 amide bonds. The first-order valence-corrected chi connectivity index (χ1v) is 15.0. The molecule has 8 heteroatoms. The lowest BCUT2D eigenvalue weighted by Gasteiger charge is -2.12. The van der Waals surface area contributed by atoms with Crippen LogP contribution in [-0.4, -0.2) is 17.6 Å². The Bertz CT molecular complexity index is 1890. The zero-order chi connectivity index (χ0) is 32.3. The van der Waals surface area contributed by atoms with Gasteiger partial charge in [-0.15, -0.1) is 0 Å². The lowest BCUT2D eigenvalue weighted by molar-refractivity contribution is -0.113. The molecular formula is C38H28Cl2N2O4. The van der Waals surface area contributed by atoms with E-state index in [1.807, 2.05) is 54.6 Å². The fourth-order valence-electron chi connectivity index (χ4n) is 4.32. The second kappa shape index (κ2) is 15.5. The number of anilines is 1. The van der Waals surface area contributed by atoms with Gasteiger partial charge < -0.3 is 15.4 Å². The minimum absolute atomic E-state index is 0.0300. The van der Waals surface area contributed by atoms with E-state index in [1.165, 1.54) is 12.2 Å². The molecule has 0 aromatic heterocycles. The summed E-state index contributed by atoms with van der Waals surface area (Å²) in [6.45, 7) is 0.474.